The number of nitrogens with zero attached hydrogens (tertiary/aromatic N) is 1. The van der Waals surface area contributed by atoms with E-state index in [-0.39, 0.29) is 0 Å². The van der Waals surface area contributed by atoms with Crippen molar-refractivity contribution in [3.63, 3.8) is 0 Å². The molecule has 3 nitrogen and oxygen atoms in total. The Bertz CT molecular complexity index is 437. The zero-order valence-corrected chi connectivity index (χ0v) is 8.05. The molecule has 0 heterocycles. The lowest BCUT2D eigenvalue weighted by molar-refractivity contribution is 0.298. The Hall–Kier alpha value is -2.16. The summed E-state index contributed by atoms with van der Waals surface area (Å²) in [6.45, 7) is 0. The predicted octanol–water partition coefficient (Wildman–Crippen LogP) is 3.68. The third-order valence-electron chi connectivity index (χ3n) is 2.11. The second kappa shape index (κ2) is 4.37. The quantitative estimate of drug-likeness (QED) is 0.593. The minimum atomic E-state index is 0.574. The molecule has 0 spiro atoms. The number of rotatable bonds is 3. The molecule has 3 heteroatoms. The highest BCUT2D eigenvalue weighted by molar-refractivity contribution is 5.63. The Kier molecular flexibility index (Phi) is 2.74. The van der Waals surface area contributed by atoms with Gasteiger partial charge >= 0.3 is 0 Å². The van der Waals surface area contributed by atoms with Gasteiger partial charge in [-0.1, -0.05) is 42.5 Å². The zero-order chi connectivity index (χ0) is 10.5. The van der Waals surface area contributed by atoms with Crippen LogP contribution in [0.3, 0.4) is 0 Å². The molecule has 1 N–H and O–H groups in total. The van der Waals surface area contributed by atoms with E-state index < -0.39 is 0 Å². The number of hydrogen-bond acceptors (Lipinski definition) is 3. The highest BCUT2D eigenvalue weighted by atomic mass is 16.6. The van der Waals surface area contributed by atoms with E-state index in [0.717, 1.165) is 11.1 Å². The van der Waals surface area contributed by atoms with Crippen LogP contribution in [0.2, 0.25) is 0 Å². The summed E-state index contributed by atoms with van der Waals surface area (Å²) in [5.74, 6) is 0.574. The molecule has 0 aliphatic carbocycles. The molecular weight excluding hydrogens is 188 g/mol. The summed E-state index contributed by atoms with van der Waals surface area (Å²) in [6, 6.07) is 17.5. The van der Waals surface area contributed by atoms with Crippen LogP contribution >= 0.6 is 0 Å². The predicted molar refractivity (Wildman–Crippen MR) is 57.7 cm³/mol. The van der Waals surface area contributed by atoms with Crippen molar-refractivity contribution in [3.05, 3.63) is 54.6 Å². The van der Waals surface area contributed by atoms with Gasteiger partial charge < -0.3 is 4.84 Å². The molecule has 0 saturated carbocycles. The Balaban J connectivity index is 2.28. The zero-order valence-electron chi connectivity index (χ0n) is 8.05. The van der Waals surface area contributed by atoms with Gasteiger partial charge in [-0.3, -0.25) is 0 Å². The minimum absolute atomic E-state index is 0.574. The average molecular weight is 198 g/mol. The molecular formula is C12H10N2O. The first-order valence-electron chi connectivity index (χ1n) is 4.59. The summed E-state index contributed by atoms with van der Waals surface area (Å²) in [7, 11) is 0. The lowest BCUT2D eigenvalue weighted by Gasteiger charge is -2.01. The van der Waals surface area contributed by atoms with Crippen molar-refractivity contribution in [2.45, 2.75) is 0 Å². The molecule has 74 valence electrons. The minimum Gasteiger partial charge on any atom is -0.340 e. The molecule has 2 rings (SSSR count). The van der Waals surface area contributed by atoms with Crippen LogP contribution < -0.4 is 4.84 Å². The summed E-state index contributed by atoms with van der Waals surface area (Å²) in [5.41, 5.74) is 8.84. The van der Waals surface area contributed by atoms with E-state index >= 15 is 0 Å². The topological polar surface area (TPSA) is 45.4 Å². The Morgan fingerprint density at radius 1 is 0.800 bits per heavy atom. The van der Waals surface area contributed by atoms with Crippen LogP contribution in [0.15, 0.2) is 59.9 Å². The van der Waals surface area contributed by atoms with Gasteiger partial charge in [0.1, 0.15) is 0 Å². The first-order chi connectivity index (χ1) is 7.40. The van der Waals surface area contributed by atoms with E-state index in [2.05, 4.69) is 10.1 Å². The van der Waals surface area contributed by atoms with Crippen molar-refractivity contribution >= 4 is 0 Å². The van der Waals surface area contributed by atoms with Crippen molar-refractivity contribution in [3.8, 4) is 16.9 Å². The number of benzene rings is 2. The fourth-order valence-electron chi connectivity index (χ4n) is 1.39. The molecule has 0 radical (unpaired) electrons. The van der Waals surface area contributed by atoms with Crippen molar-refractivity contribution in [2.24, 2.45) is 5.28 Å². The molecule has 0 aromatic heterocycles. The molecule has 0 aliphatic rings. The van der Waals surface area contributed by atoms with Gasteiger partial charge in [-0.05, 0) is 23.3 Å². The summed E-state index contributed by atoms with van der Waals surface area (Å²) in [4.78, 5) is 4.69. The molecule has 0 unspecified atom stereocenters. The summed E-state index contributed by atoms with van der Waals surface area (Å²) in [5, 5.41) is 2.86. The molecule has 15 heavy (non-hydrogen) atoms. The van der Waals surface area contributed by atoms with E-state index in [1.165, 1.54) is 0 Å². The van der Waals surface area contributed by atoms with Gasteiger partial charge in [-0.15, -0.1) is 0 Å². The van der Waals surface area contributed by atoms with Gasteiger partial charge in [0.2, 0.25) is 0 Å². The highest BCUT2D eigenvalue weighted by Gasteiger charge is 1.97. The van der Waals surface area contributed by atoms with Crippen LogP contribution in [0.25, 0.3) is 11.1 Å². The maximum atomic E-state index is 6.56. The molecule has 0 atom stereocenters. The maximum Gasteiger partial charge on any atom is 0.159 e. The maximum absolute atomic E-state index is 6.56. The van der Waals surface area contributed by atoms with Gasteiger partial charge in [0.25, 0.3) is 0 Å². The van der Waals surface area contributed by atoms with Crippen molar-refractivity contribution < 1.29 is 4.84 Å². The third-order valence-corrected chi connectivity index (χ3v) is 2.11. The molecule has 2 aromatic carbocycles. The standard InChI is InChI=1S/C12H10N2O/c13-14-15-12-8-6-11(7-9-12)10-4-2-1-3-5-10/h1-9,13H. The normalized spacial score (nSPS) is 9.60. The lowest BCUT2D eigenvalue weighted by atomic mass is 10.1. The van der Waals surface area contributed by atoms with Crippen LogP contribution in [-0.4, -0.2) is 0 Å². The van der Waals surface area contributed by atoms with E-state index in [9.17, 15) is 0 Å². The smallest absolute Gasteiger partial charge is 0.159 e. The van der Waals surface area contributed by atoms with Crippen LogP contribution in [0.4, 0.5) is 0 Å². The largest absolute Gasteiger partial charge is 0.340 e. The molecule has 0 fully saturated rings. The van der Waals surface area contributed by atoms with Crippen molar-refractivity contribution in [2.75, 3.05) is 0 Å². The van der Waals surface area contributed by atoms with Gasteiger partial charge in [0.15, 0.2) is 5.75 Å². The van der Waals surface area contributed by atoms with Gasteiger partial charge in [-0.2, -0.15) is 5.53 Å². The SMILES string of the molecule is N=NOc1ccc(-c2ccccc2)cc1. The first-order valence-corrected chi connectivity index (χ1v) is 4.59. The Labute approximate surface area is 87.8 Å². The van der Waals surface area contributed by atoms with Crippen LogP contribution in [-0.2, 0) is 0 Å². The second-order valence-electron chi connectivity index (χ2n) is 3.07. The Morgan fingerprint density at radius 3 is 2.00 bits per heavy atom. The monoisotopic (exact) mass is 198 g/mol. The fourth-order valence-corrected chi connectivity index (χ4v) is 1.39. The van der Waals surface area contributed by atoms with Crippen molar-refractivity contribution in [1.29, 1.82) is 5.53 Å². The van der Waals surface area contributed by atoms with Crippen LogP contribution in [0.5, 0.6) is 5.75 Å². The van der Waals surface area contributed by atoms with Gasteiger partial charge in [0.05, 0.1) is 0 Å². The van der Waals surface area contributed by atoms with Crippen molar-refractivity contribution in [1.82, 2.24) is 0 Å². The van der Waals surface area contributed by atoms with Gasteiger partial charge in [0, 0.05) is 5.28 Å². The molecule has 2 aromatic rings. The first kappa shape index (κ1) is 9.40. The van der Waals surface area contributed by atoms with Gasteiger partial charge in [-0.25, -0.2) is 0 Å². The number of hydrogen-bond donors (Lipinski definition) is 1. The van der Waals surface area contributed by atoms with E-state index in [1.807, 2.05) is 42.5 Å². The highest BCUT2D eigenvalue weighted by Crippen LogP contribution is 2.21. The van der Waals surface area contributed by atoms with E-state index in [1.54, 1.807) is 12.1 Å². The van der Waals surface area contributed by atoms with E-state index in [0.29, 0.717) is 5.75 Å². The Morgan fingerprint density at radius 2 is 1.40 bits per heavy atom. The second-order valence-corrected chi connectivity index (χ2v) is 3.07. The molecule has 0 amide bonds. The molecule has 0 aliphatic heterocycles. The van der Waals surface area contributed by atoms with Crippen LogP contribution in [0, 0.1) is 5.53 Å². The third kappa shape index (κ3) is 2.20. The average Bonchev–Trinajstić information content (AvgIpc) is 2.32. The number of nitrogens with one attached hydrogen (secondary N) is 1. The summed E-state index contributed by atoms with van der Waals surface area (Å²) in [6.07, 6.45) is 0. The molecule has 0 bridgehead atoms. The summed E-state index contributed by atoms with van der Waals surface area (Å²) >= 11 is 0. The molecule has 0 saturated heterocycles. The fraction of sp³-hybridized carbons (Fsp3) is 0. The van der Waals surface area contributed by atoms with Crippen LogP contribution in [0.1, 0.15) is 0 Å². The lowest BCUT2D eigenvalue weighted by Crippen LogP contribution is -1.81. The summed E-state index contributed by atoms with van der Waals surface area (Å²) < 4.78 is 0. The van der Waals surface area contributed by atoms with E-state index in [4.69, 9.17) is 5.53 Å².